The van der Waals surface area contributed by atoms with Crippen molar-refractivity contribution in [3.63, 3.8) is 0 Å². The lowest BCUT2D eigenvalue weighted by atomic mass is 10.2. The zero-order valence-electron chi connectivity index (χ0n) is 16.9. The van der Waals surface area contributed by atoms with Gasteiger partial charge in [0.15, 0.2) is 5.11 Å². The summed E-state index contributed by atoms with van der Waals surface area (Å²) in [4.78, 5) is 16.3. The van der Waals surface area contributed by atoms with Gasteiger partial charge in [-0.15, -0.1) is 0 Å². The zero-order chi connectivity index (χ0) is 20.6. The molecule has 0 spiro atoms. The van der Waals surface area contributed by atoms with Gasteiger partial charge in [0.1, 0.15) is 5.75 Å². The van der Waals surface area contributed by atoms with E-state index >= 15 is 0 Å². The molecule has 1 heterocycles. The third-order valence-electron chi connectivity index (χ3n) is 4.85. The molecule has 0 aromatic heterocycles. The topological polar surface area (TPSA) is 54.0 Å². The normalized spacial score (nSPS) is 14.3. The third kappa shape index (κ3) is 5.92. The van der Waals surface area contributed by atoms with Gasteiger partial charge in [-0.05, 0) is 61.1 Å². The average Bonchev–Trinajstić information content (AvgIpc) is 2.75. The fourth-order valence-electron chi connectivity index (χ4n) is 3.24. The molecule has 0 amide bonds. The molecule has 1 saturated heterocycles. The number of nitrogens with zero attached hydrogens (tertiary/aromatic N) is 2. The number of anilines is 1. The van der Waals surface area contributed by atoms with E-state index in [0.717, 1.165) is 44.2 Å². The van der Waals surface area contributed by atoms with Crippen molar-refractivity contribution in [3.05, 3.63) is 59.7 Å². The van der Waals surface area contributed by atoms with Gasteiger partial charge in [-0.3, -0.25) is 4.90 Å². The molecule has 2 aromatic carbocycles. The van der Waals surface area contributed by atoms with E-state index in [2.05, 4.69) is 27.2 Å². The number of rotatable bonds is 6. The Morgan fingerprint density at radius 1 is 1.10 bits per heavy atom. The maximum Gasteiger partial charge on any atom is 0.338 e. The number of hydrogen-bond acceptors (Lipinski definition) is 5. The van der Waals surface area contributed by atoms with Crippen molar-refractivity contribution >= 4 is 29.0 Å². The molecular weight excluding hydrogens is 386 g/mol. The number of thiocarbonyl (C=S) groups is 1. The number of ether oxygens (including phenoxy) is 2. The van der Waals surface area contributed by atoms with Gasteiger partial charge in [0.2, 0.25) is 0 Å². The first-order valence-electron chi connectivity index (χ1n) is 9.77. The van der Waals surface area contributed by atoms with Crippen LogP contribution in [-0.4, -0.2) is 60.8 Å². The van der Waals surface area contributed by atoms with Crippen LogP contribution >= 0.6 is 12.2 Å². The Balaban J connectivity index is 1.47. The smallest absolute Gasteiger partial charge is 0.338 e. The molecule has 0 radical (unpaired) electrons. The van der Waals surface area contributed by atoms with Gasteiger partial charge in [0, 0.05) is 38.4 Å². The molecule has 1 N–H and O–H groups in total. The lowest BCUT2D eigenvalue weighted by Crippen LogP contribution is -2.49. The van der Waals surface area contributed by atoms with Gasteiger partial charge in [-0.2, -0.15) is 0 Å². The summed E-state index contributed by atoms with van der Waals surface area (Å²) in [7, 11) is 1.69. The van der Waals surface area contributed by atoms with Gasteiger partial charge in [0.25, 0.3) is 0 Å². The number of carbonyl (C=O) groups excluding carboxylic acids is 1. The van der Waals surface area contributed by atoms with E-state index in [9.17, 15) is 4.79 Å². The minimum atomic E-state index is -0.311. The SMILES string of the molecule is CCOC(=O)c1ccc(NC(=S)N2CCN(Cc3cccc(OC)c3)CC2)cc1. The molecule has 3 rings (SSSR count). The van der Waals surface area contributed by atoms with E-state index in [-0.39, 0.29) is 5.97 Å². The highest BCUT2D eigenvalue weighted by atomic mass is 32.1. The van der Waals surface area contributed by atoms with Crippen molar-refractivity contribution in [3.8, 4) is 5.75 Å². The van der Waals surface area contributed by atoms with E-state index in [0.29, 0.717) is 17.3 Å². The number of benzene rings is 2. The summed E-state index contributed by atoms with van der Waals surface area (Å²) in [5.74, 6) is 0.578. The van der Waals surface area contributed by atoms with Crippen LogP contribution in [0.2, 0.25) is 0 Å². The Morgan fingerprint density at radius 2 is 1.83 bits per heavy atom. The lowest BCUT2D eigenvalue weighted by Gasteiger charge is -2.36. The van der Waals surface area contributed by atoms with E-state index in [1.807, 2.05) is 24.3 Å². The first kappa shape index (κ1) is 21.1. The van der Waals surface area contributed by atoms with Gasteiger partial charge < -0.3 is 19.7 Å². The molecule has 6 nitrogen and oxygen atoms in total. The molecule has 1 fully saturated rings. The van der Waals surface area contributed by atoms with Gasteiger partial charge in [-0.1, -0.05) is 12.1 Å². The average molecular weight is 414 g/mol. The minimum absolute atomic E-state index is 0.311. The van der Waals surface area contributed by atoms with Gasteiger partial charge in [-0.25, -0.2) is 4.79 Å². The highest BCUT2D eigenvalue weighted by Crippen LogP contribution is 2.16. The Bertz CT molecular complexity index is 833. The van der Waals surface area contributed by atoms with Crippen molar-refractivity contribution in [2.24, 2.45) is 0 Å². The van der Waals surface area contributed by atoms with Crippen molar-refractivity contribution in [1.82, 2.24) is 9.80 Å². The van der Waals surface area contributed by atoms with Crippen LogP contribution in [0.25, 0.3) is 0 Å². The quantitative estimate of drug-likeness (QED) is 0.575. The highest BCUT2D eigenvalue weighted by Gasteiger charge is 2.19. The van der Waals surface area contributed by atoms with Crippen LogP contribution in [0.15, 0.2) is 48.5 Å². The van der Waals surface area contributed by atoms with E-state index < -0.39 is 0 Å². The minimum Gasteiger partial charge on any atom is -0.497 e. The van der Waals surface area contributed by atoms with Crippen LogP contribution in [0.5, 0.6) is 5.75 Å². The fourth-order valence-corrected chi connectivity index (χ4v) is 3.55. The summed E-state index contributed by atoms with van der Waals surface area (Å²) in [5, 5.41) is 3.96. The third-order valence-corrected chi connectivity index (χ3v) is 5.21. The first-order chi connectivity index (χ1) is 14.1. The second kappa shape index (κ2) is 10.2. The van der Waals surface area contributed by atoms with Crippen molar-refractivity contribution in [1.29, 1.82) is 0 Å². The summed E-state index contributed by atoms with van der Waals surface area (Å²) in [6, 6.07) is 15.4. The maximum atomic E-state index is 11.7. The molecule has 29 heavy (non-hydrogen) atoms. The molecular formula is C22H27N3O3S. The van der Waals surface area contributed by atoms with Crippen LogP contribution in [0.3, 0.4) is 0 Å². The van der Waals surface area contributed by atoms with Crippen molar-refractivity contribution < 1.29 is 14.3 Å². The zero-order valence-corrected chi connectivity index (χ0v) is 17.7. The molecule has 2 aromatic rings. The number of esters is 1. The van der Waals surface area contributed by atoms with Crippen LogP contribution in [0.4, 0.5) is 5.69 Å². The molecule has 0 saturated carbocycles. The Labute approximate surface area is 177 Å². The van der Waals surface area contributed by atoms with E-state index in [4.69, 9.17) is 21.7 Å². The molecule has 154 valence electrons. The molecule has 0 atom stereocenters. The number of nitrogens with one attached hydrogen (secondary N) is 1. The van der Waals surface area contributed by atoms with Crippen LogP contribution in [0, 0.1) is 0 Å². The van der Waals surface area contributed by atoms with Crippen LogP contribution in [0.1, 0.15) is 22.8 Å². The maximum absolute atomic E-state index is 11.7. The Morgan fingerprint density at radius 3 is 2.48 bits per heavy atom. The molecule has 7 heteroatoms. The largest absolute Gasteiger partial charge is 0.497 e. The molecule has 0 bridgehead atoms. The Kier molecular flexibility index (Phi) is 7.43. The molecule has 0 unspecified atom stereocenters. The number of hydrogen-bond donors (Lipinski definition) is 1. The summed E-state index contributed by atoms with van der Waals surface area (Å²) in [5.41, 5.74) is 2.65. The fraction of sp³-hybridized carbons (Fsp3) is 0.364. The van der Waals surface area contributed by atoms with E-state index in [1.54, 1.807) is 26.2 Å². The first-order valence-corrected chi connectivity index (χ1v) is 10.2. The number of carbonyl (C=O) groups is 1. The number of methoxy groups -OCH3 is 1. The summed E-state index contributed by atoms with van der Waals surface area (Å²) in [6.07, 6.45) is 0. The standard InChI is InChI=1S/C22H27N3O3S/c1-3-28-21(26)18-7-9-19(10-8-18)23-22(29)25-13-11-24(12-14-25)16-17-5-4-6-20(15-17)27-2/h4-10,15H,3,11-14,16H2,1-2H3,(H,23,29). The summed E-state index contributed by atoms with van der Waals surface area (Å²) >= 11 is 5.57. The second-order valence-electron chi connectivity index (χ2n) is 6.84. The monoisotopic (exact) mass is 413 g/mol. The number of piperazine rings is 1. The van der Waals surface area contributed by atoms with Crippen molar-refractivity contribution in [2.75, 3.05) is 45.2 Å². The van der Waals surface area contributed by atoms with Crippen molar-refractivity contribution in [2.45, 2.75) is 13.5 Å². The van der Waals surface area contributed by atoms with Crippen LogP contribution in [-0.2, 0) is 11.3 Å². The predicted molar refractivity (Wildman–Crippen MR) is 118 cm³/mol. The summed E-state index contributed by atoms with van der Waals surface area (Å²) < 4.78 is 10.3. The van der Waals surface area contributed by atoms with E-state index in [1.165, 1.54) is 5.56 Å². The molecule has 1 aliphatic heterocycles. The molecule has 0 aliphatic carbocycles. The van der Waals surface area contributed by atoms with Gasteiger partial charge >= 0.3 is 5.97 Å². The highest BCUT2D eigenvalue weighted by molar-refractivity contribution is 7.80. The van der Waals surface area contributed by atoms with Crippen LogP contribution < -0.4 is 10.1 Å². The second-order valence-corrected chi connectivity index (χ2v) is 7.23. The summed E-state index contributed by atoms with van der Waals surface area (Å²) in [6.45, 7) is 6.70. The Hall–Kier alpha value is -2.64. The predicted octanol–water partition coefficient (Wildman–Crippen LogP) is 3.39. The molecule has 1 aliphatic rings. The lowest BCUT2D eigenvalue weighted by molar-refractivity contribution is 0.0526. The van der Waals surface area contributed by atoms with Gasteiger partial charge in [0.05, 0.1) is 19.3 Å².